The summed E-state index contributed by atoms with van der Waals surface area (Å²) in [6, 6.07) is 14.6. The Morgan fingerprint density at radius 3 is 2.68 bits per heavy atom. The molecule has 38 heavy (non-hydrogen) atoms. The number of likely N-dealkylation sites (tertiary alicyclic amines) is 1. The van der Waals surface area contributed by atoms with Crippen molar-refractivity contribution in [1.29, 1.82) is 0 Å². The first-order valence-corrected chi connectivity index (χ1v) is 14.0. The van der Waals surface area contributed by atoms with Gasteiger partial charge in [0.1, 0.15) is 19.0 Å². The summed E-state index contributed by atoms with van der Waals surface area (Å²) in [5, 5.41) is 5.59. The summed E-state index contributed by atoms with van der Waals surface area (Å²) < 4.78 is 25.1. The molecule has 3 aliphatic heterocycles. The lowest BCUT2D eigenvalue weighted by Gasteiger charge is -2.27. The Morgan fingerprint density at radius 2 is 1.84 bits per heavy atom. The average Bonchev–Trinajstić information content (AvgIpc) is 3.61. The fraction of sp³-hybridized carbons (Fsp3) is 0.433. The van der Waals surface area contributed by atoms with Crippen LogP contribution in [0.4, 0.5) is 10.1 Å². The van der Waals surface area contributed by atoms with E-state index in [4.69, 9.17) is 21.1 Å². The smallest absolute Gasteiger partial charge is 0.225 e. The van der Waals surface area contributed by atoms with Crippen molar-refractivity contribution in [2.45, 2.75) is 31.7 Å². The molecule has 6 nitrogen and oxygen atoms in total. The second-order valence-electron chi connectivity index (χ2n) is 10.6. The van der Waals surface area contributed by atoms with Crippen molar-refractivity contribution < 1.29 is 18.7 Å². The number of carbonyl (C=O) groups is 1. The van der Waals surface area contributed by atoms with Crippen LogP contribution in [0.15, 0.2) is 48.5 Å². The van der Waals surface area contributed by atoms with Crippen LogP contribution in [0.1, 0.15) is 24.8 Å². The molecular formula is C30H33ClFN3O3. The van der Waals surface area contributed by atoms with Crippen LogP contribution < -0.4 is 19.7 Å². The molecule has 3 heterocycles. The number of carbonyl (C=O) groups excluding carboxylic acids is 1. The van der Waals surface area contributed by atoms with E-state index in [9.17, 15) is 9.18 Å². The maximum atomic E-state index is 13.6. The van der Waals surface area contributed by atoms with Gasteiger partial charge in [0.25, 0.3) is 0 Å². The Morgan fingerprint density at radius 1 is 1.03 bits per heavy atom. The minimum absolute atomic E-state index is 0.0105. The highest BCUT2D eigenvalue weighted by atomic mass is 35.5. The number of amides is 1. The largest absolute Gasteiger partial charge is 0.486 e. The van der Waals surface area contributed by atoms with Gasteiger partial charge in [0.15, 0.2) is 11.5 Å². The summed E-state index contributed by atoms with van der Waals surface area (Å²) in [6.45, 7) is 5.48. The fourth-order valence-electron chi connectivity index (χ4n) is 5.94. The number of anilines is 1. The molecule has 3 aromatic rings. The SMILES string of the molecule is O=C(NC(Cc1ccc2c(c1)OCCO2)CN1CCCC1)[C@@H]1CCN(c2ccc3cc(F)ccc3c2Cl)C1. The van der Waals surface area contributed by atoms with Gasteiger partial charge in [0.2, 0.25) is 5.91 Å². The van der Waals surface area contributed by atoms with Crippen LogP contribution in [0, 0.1) is 11.7 Å². The normalized spacial score (nSPS) is 20.2. The first kappa shape index (κ1) is 25.3. The Labute approximate surface area is 227 Å². The van der Waals surface area contributed by atoms with E-state index >= 15 is 0 Å². The molecule has 0 saturated carbocycles. The average molecular weight is 538 g/mol. The molecule has 1 unspecified atom stereocenters. The van der Waals surface area contributed by atoms with Crippen LogP contribution in [0.3, 0.4) is 0 Å². The predicted molar refractivity (Wildman–Crippen MR) is 148 cm³/mol. The second-order valence-corrected chi connectivity index (χ2v) is 11.0. The minimum Gasteiger partial charge on any atom is -0.486 e. The standard InChI is InChI=1S/C30H33ClFN3O3/c31-29-25-6-5-23(32)17-21(25)4-7-26(29)35-12-9-22(18-35)30(36)33-24(19-34-10-1-2-11-34)15-20-3-8-27-28(16-20)38-14-13-37-27/h3-8,16-17,22,24H,1-2,9-15,18-19H2,(H,33,36)/t22-,24?/m1/s1. The first-order chi connectivity index (χ1) is 18.5. The highest BCUT2D eigenvalue weighted by Crippen LogP contribution is 2.36. The molecule has 0 bridgehead atoms. The summed E-state index contributed by atoms with van der Waals surface area (Å²) >= 11 is 6.73. The van der Waals surface area contributed by atoms with Gasteiger partial charge in [-0.2, -0.15) is 0 Å². The summed E-state index contributed by atoms with van der Waals surface area (Å²) in [4.78, 5) is 18.1. The van der Waals surface area contributed by atoms with Crippen molar-refractivity contribution in [3.05, 3.63) is 64.9 Å². The first-order valence-electron chi connectivity index (χ1n) is 13.6. The van der Waals surface area contributed by atoms with E-state index in [1.165, 1.54) is 25.0 Å². The molecular weight excluding hydrogens is 505 g/mol. The highest BCUT2D eigenvalue weighted by Gasteiger charge is 2.31. The molecule has 3 aromatic carbocycles. The van der Waals surface area contributed by atoms with E-state index in [0.717, 1.165) is 72.5 Å². The Hall–Kier alpha value is -3.03. The molecule has 2 fully saturated rings. The van der Waals surface area contributed by atoms with Gasteiger partial charge < -0.3 is 24.6 Å². The summed E-state index contributed by atoms with van der Waals surface area (Å²) in [6.07, 6.45) is 3.93. The maximum Gasteiger partial charge on any atom is 0.225 e. The minimum atomic E-state index is -0.279. The van der Waals surface area contributed by atoms with Gasteiger partial charge in [-0.25, -0.2) is 4.39 Å². The third-order valence-corrected chi connectivity index (χ3v) is 8.31. The van der Waals surface area contributed by atoms with Crippen LogP contribution in [0.2, 0.25) is 5.02 Å². The Balaban J connectivity index is 1.14. The topological polar surface area (TPSA) is 54.0 Å². The molecule has 3 aliphatic rings. The molecule has 0 aromatic heterocycles. The molecule has 1 N–H and O–H groups in total. The zero-order valence-electron chi connectivity index (χ0n) is 21.4. The zero-order valence-corrected chi connectivity index (χ0v) is 22.2. The van der Waals surface area contributed by atoms with Gasteiger partial charge >= 0.3 is 0 Å². The van der Waals surface area contributed by atoms with Crippen LogP contribution >= 0.6 is 11.6 Å². The molecule has 1 amide bonds. The number of fused-ring (bicyclic) bond motifs is 2. The van der Waals surface area contributed by atoms with Crippen LogP contribution in [0.25, 0.3) is 10.8 Å². The van der Waals surface area contributed by atoms with E-state index in [1.54, 1.807) is 6.07 Å². The number of nitrogens with one attached hydrogen (secondary N) is 1. The molecule has 200 valence electrons. The third kappa shape index (κ3) is 5.40. The van der Waals surface area contributed by atoms with Gasteiger partial charge in [0.05, 0.1) is 16.6 Å². The molecule has 6 rings (SSSR count). The summed E-state index contributed by atoms with van der Waals surface area (Å²) in [7, 11) is 0. The quantitative estimate of drug-likeness (QED) is 0.457. The van der Waals surface area contributed by atoms with Crippen molar-refractivity contribution >= 4 is 34.0 Å². The fourth-order valence-corrected chi connectivity index (χ4v) is 6.30. The predicted octanol–water partition coefficient (Wildman–Crippen LogP) is 5.05. The van der Waals surface area contributed by atoms with E-state index in [-0.39, 0.29) is 23.7 Å². The van der Waals surface area contributed by atoms with E-state index in [2.05, 4.69) is 21.2 Å². The van der Waals surface area contributed by atoms with E-state index in [0.29, 0.717) is 24.8 Å². The molecule has 2 atom stereocenters. The number of hydrogen-bond donors (Lipinski definition) is 1. The van der Waals surface area contributed by atoms with Gasteiger partial charge in [-0.15, -0.1) is 0 Å². The maximum absolute atomic E-state index is 13.6. The number of hydrogen-bond acceptors (Lipinski definition) is 5. The monoisotopic (exact) mass is 537 g/mol. The number of benzene rings is 3. The van der Waals surface area contributed by atoms with Crippen molar-refractivity contribution in [3.63, 3.8) is 0 Å². The second kappa shape index (κ2) is 11.0. The molecule has 2 saturated heterocycles. The number of rotatable bonds is 7. The molecule has 0 radical (unpaired) electrons. The zero-order chi connectivity index (χ0) is 26.1. The lowest BCUT2D eigenvalue weighted by atomic mass is 10.0. The lowest BCUT2D eigenvalue weighted by Crippen LogP contribution is -2.46. The van der Waals surface area contributed by atoms with Crippen molar-refractivity contribution in [3.8, 4) is 11.5 Å². The van der Waals surface area contributed by atoms with Gasteiger partial charge in [-0.3, -0.25) is 4.79 Å². The molecule has 8 heteroatoms. The van der Waals surface area contributed by atoms with Gasteiger partial charge in [-0.1, -0.05) is 23.7 Å². The number of halogens is 2. The van der Waals surface area contributed by atoms with E-state index < -0.39 is 0 Å². The summed E-state index contributed by atoms with van der Waals surface area (Å²) in [5.74, 6) is 1.26. The van der Waals surface area contributed by atoms with Gasteiger partial charge in [0, 0.05) is 31.1 Å². The highest BCUT2D eigenvalue weighted by molar-refractivity contribution is 6.38. The Bertz CT molecular complexity index is 1330. The number of ether oxygens (including phenoxy) is 2. The third-order valence-electron chi connectivity index (χ3n) is 7.91. The van der Waals surface area contributed by atoms with Crippen LogP contribution in [0.5, 0.6) is 11.5 Å². The molecule has 0 aliphatic carbocycles. The van der Waals surface area contributed by atoms with Crippen molar-refractivity contribution in [1.82, 2.24) is 10.2 Å². The van der Waals surface area contributed by atoms with Crippen molar-refractivity contribution in [2.75, 3.05) is 50.8 Å². The van der Waals surface area contributed by atoms with E-state index in [1.807, 2.05) is 24.3 Å². The van der Waals surface area contributed by atoms with Gasteiger partial charge in [-0.05, 0) is 86.1 Å². The summed E-state index contributed by atoms with van der Waals surface area (Å²) in [5.41, 5.74) is 2.03. The molecule has 0 spiro atoms. The lowest BCUT2D eigenvalue weighted by molar-refractivity contribution is -0.125. The number of nitrogens with zero attached hydrogens (tertiary/aromatic N) is 2. The van der Waals surface area contributed by atoms with Crippen LogP contribution in [-0.4, -0.2) is 62.8 Å². The van der Waals surface area contributed by atoms with Crippen molar-refractivity contribution in [2.24, 2.45) is 5.92 Å². The van der Waals surface area contributed by atoms with Crippen LogP contribution in [-0.2, 0) is 11.2 Å². The Kier molecular flexibility index (Phi) is 7.30.